The number of thioether (sulfide) groups is 1. The van der Waals surface area contributed by atoms with Crippen molar-refractivity contribution < 1.29 is 18.8 Å². The number of unbranched alkanes of at least 4 members (excludes halogenated alkanes) is 4. The van der Waals surface area contributed by atoms with Crippen LogP contribution in [-0.2, 0) is 0 Å². The van der Waals surface area contributed by atoms with E-state index in [0.29, 0.717) is 0 Å². The average molecular weight is 642 g/mol. The Labute approximate surface area is 281 Å². The van der Waals surface area contributed by atoms with Gasteiger partial charge in [0, 0.05) is 41.8 Å². The van der Waals surface area contributed by atoms with Crippen LogP contribution in [0.25, 0.3) is 0 Å². The molecule has 0 aromatic heterocycles. The molecule has 0 saturated heterocycles. The van der Waals surface area contributed by atoms with E-state index in [9.17, 15) is 5.11 Å². The Morgan fingerprint density at radius 2 is 1.47 bits per heavy atom. The molecule has 2 aromatic rings. The molecule has 0 unspecified atom stereocenters. The van der Waals surface area contributed by atoms with E-state index in [2.05, 4.69) is 110 Å². The summed E-state index contributed by atoms with van der Waals surface area (Å²) in [6.07, 6.45) is 9.88. The molecule has 0 aliphatic carbocycles. The first-order chi connectivity index (χ1) is 21.4. The van der Waals surface area contributed by atoms with Gasteiger partial charge in [-0.15, -0.1) is 11.8 Å². The van der Waals surface area contributed by atoms with Gasteiger partial charge in [0.2, 0.25) is 0 Å². The van der Waals surface area contributed by atoms with E-state index in [1.807, 2.05) is 11.8 Å². The summed E-state index contributed by atoms with van der Waals surface area (Å²) in [7, 11) is 13.6. The molecule has 1 aliphatic heterocycles. The second-order valence-electron chi connectivity index (χ2n) is 15.2. The normalized spacial score (nSPS) is 18.4. The van der Waals surface area contributed by atoms with E-state index in [4.69, 9.17) is 4.74 Å². The van der Waals surface area contributed by atoms with Gasteiger partial charge >= 0.3 is 0 Å². The molecule has 2 atom stereocenters. The van der Waals surface area contributed by atoms with Crippen LogP contribution in [0.4, 0.5) is 5.69 Å². The van der Waals surface area contributed by atoms with Crippen molar-refractivity contribution in [3.05, 3.63) is 53.6 Å². The first kappa shape index (κ1) is 37.7. The highest BCUT2D eigenvalue weighted by atomic mass is 32.2. The zero-order valence-electron chi connectivity index (χ0n) is 30.4. The number of anilines is 1. The molecular weight excluding hydrogens is 575 g/mol. The molecule has 0 saturated carbocycles. The molecule has 0 fully saturated rings. The number of aliphatic hydroxyl groups excluding tert-OH is 1. The molecule has 0 radical (unpaired) electrons. The summed E-state index contributed by atoms with van der Waals surface area (Å²) >= 11 is 1.96. The minimum absolute atomic E-state index is 0.0548. The summed E-state index contributed by atoms with van der Waals surface area (Å²) < 4.78 is 8.41. The lowest BCUT2D eigenvalue weighted by molar-refractivity contribution is -0.945. The van der Waals surface area contributed by atoms with Crippen LogP contribution in [0.3, 0.4) is 0 Å². The van der Waals surface area contributed by atoms with Crippen LogP contribution in [0.5, 0.6) is 5.75 Å². The molecule has 6 heteroatoms. The van der Waals surface area contributed by atoms with Crippen LogP contribution >= 0.6 is 11.8 Å². The first-order valence-corrected chi connectivity index (χ1v) is 18.8. The predicted molar refractivity (Wildman–Crippen MR) is 196 cm³/mol. The molecule has 1 heterocycles. The first-order valence-electron chi connectivity index (χ1n) is 17.9. The van der Waals surface area contributed by atoms with Gasteiger partial charge < -0.3 is 23.7 Å². The molecule has 3 rings (SSSR count). The lowest BCUT2D eigenvalue weighted by Gasteiger charge is -2.40. The van der Waals surface area contributed by atoms with Gasteiger partial charge in [0.25, 0.3) is 0 Å². The molecule has 0 spiro atoms. The van der Waals surface area contributed by atoms with Crippen molar-refractivity contribution >= 4 is 17.4 Å². The van der Waals surface area contributed by atoms with E-state index in [0.717, 1.165) is 72.0 Å². The summed E-state index contributed by atoms with van der Waals surface area (Å²) in [4.78, 5) is 3.49. The van der Waals surface area contributed by atoms with Crippen LogP contribution in [0, 0.1) is 5.41 Å². The highest BCUT2D eigenvalue weighted by Crippen LogP contribution is 2.52. The van der Waals surface area contributed by atoms with Gasteiger partial charge in [-0.2, -0.15) is 0 Å². The standard InChI is InChI=1S/C39H67N3O2S/c1-10-13-24-39(25-14-11-2)31-45-36-23-20-33(40(4)5)30-35(36)37(38(39)43)32-18-21-34(22-19-32)44-29-17-15-16-26-42(8,9)28-27-41(6,7)12-3/h18-23,30,37-38,43H,10-17,24-29,31H2,1-9H3/q+2/t37-,38-/m1/s1. The van der Waals surface area contributed by atoms with E-state index >= 15 is 0 Å². The average Bonchev–Trinajstić information content (AvgIpc) is 3.14. The van der Waals surface area contributed by atoms with Gasteiger partial charge in [0.15, 0.2) is 0 Å². The lowest BCUT2D eigenvalue weighted by atomic mass is 9.68. The van der Waals surface area contributed by atoms with Crippen molar-refractivity contribution in [2.45, 2.75) is 95.5 Å². The van der Waals surface area contributed by atoms with Crippen molar-refractivity contribution in [2.24, 2.45) is 5.41 Å². The van der Waals surface area contributed by atoms with E-state index in [-0.39, 0.29) is 11.3 Å². The summed E-state index contributed by atoms with van der Waals surface area (Å²) in [5.41, 5.74) is 3.55. The monoisotopic (exact) mass is 641 g/mol. The maximum absolute atomic E-state index is 12.4. The molecule has 0 bridgehead atoms. The highest BCUT2D eigenvalue weighted by molar-refractivity contribution is 7.99. The zero-order chi connectivity index (χ0) is 33.1. The number of rotatable bonds is 19. The third-order valence-corrected chi connectivity index (χ3v) is 11.8. The van der Waals surface area contributed by atoms with Gasteiger partial charge in [-0.1, -0.05) is 51.7 Å². The third kappa shape index (κ3) is 10.9. The van der Waals surface area contributed by atoms with E-state index in [1.54, 1.807) is 0 Å². The molecule has 0 amide bonds. The maximum atomic E-state index is 12.4. The fourth-order valence-electron chi connectivity index (χ4n) is 6.60. The van der Waals surface area contributed by atoms with Crippen molar-refractivity contribution in [3.8, 4) is 5.75 Å². The van der Waals surface area contributed by atoms with Crippen LogP contribution in [0.1, 0.15) is 95.6 Å². The van der Waals surface area contributed by atoms with Crippen LogP contribution in [0.15, 0.2) is 47.4 Å². The Morgan fingerprint density at radius 1 is 0.822 bits per heavy atom. The number of hydrogen-bond acceptors (Lipinski definition) is 4. The predicted octanol–water partition coefficient (Wildman–Crippen LogP) is 8.44. The Bertz CT molecular complexity index is 1140. The highest BCUT2D eigenvalue weighted by Gasteiger charge is 2.45. The Kier molecular flexibility index (Phi) is 14.6. The van der Waals surface area contributed by atoms with Gasteiger partial charge in [-0.05, 0) is 80.5 Å². The molecule has 45 heavy (non-hydrogen) atoms. The number of fused-ring (bicyclic) bond motifs is 1. The van der Waals surface area contributed by atoms with E-state index < -0.39 is 6.10 Å². The lowest BCUT2D eigenvalue weighted by Crippen LogP contribution is -2.51. The minimum Gasteiger partial charge on any atom is -0.494 e. The number of likely N-dealkylation sites (N-methyl/N-ethyl adjacent to an activating group) is 2. The largest absolute Gasteiger partial charge is 0.494 e. The Balaban J connectivity index is 1.70. The van der Waals surface area contributed by atoms with E-state index in [1.165, 1.54) is 60.7 Å². The summed E-state index contributed by atoms with van der Waals surface area (Å²) in [6, 6.07) is 15.5. The second kappa shape index (κ2) is 17.4. The molecule has 1 N–H and O–H groups in total. The fourth-order valence-corrected chi connectivity index (χ4v) is 8.01. The summed E-state index contributed by atoms with van der Waals surface area (Å²) in [6.45, 7) is 12.4. The molecular formula is C39H67N3O2S+2. The number of aliphatic hydroxyl groups is 1. The Hall–Kier alpha value is -1.73. The van der Waals surface area contributed by atoms with Crippen molar-refractivity contribution in [3.63, 3.8) is 0 Å². The minimum atomic E-state index is -0.428. The zero-order valence-corrected chi connectivity index (χ0v) is 31.2. The van der Waals surface area contributed by atoms with Gasteiger partial charge in [0.05, 0.1) is 54.0 Å². The van der Waals surface area contributed by atoms with Crippen molar-refractivity contribution in [1.29, 1.82) is 0 Å². The Morgan fingerprint density at radius 3 is 2.07 bits per heavy atom. The van der Waals surface area contributed by atoms with Crippen LogP contribution in [0.2, 0.25) is 0 Å². The topological polar surface area (TPSA) is 32.7 Å². The van der Waals surface area contributed by atoms with Gasteiger partial charge in [-0.25, -0.2) is 0 Å². The van der Waals surface area contributed by atoms with Gasteiger partial charge in [-0.3, -0.25) is 0 Å². The summed E-state index contributed by atoms with van der Waals surface area (Å²) in [5, 5.41) is 12.4. The number of nitrogens with zero attached hydrogens (tertiary/aromatic N) is 3. The second-order valence-corrected chi connectivity index (χ2v) is 16.3. The fraction of sp³-hybridized carbons (Fsp3) is 0.692. The summed E-state index contributed by atoms with van der Waals surface area (Å²) in [5.74, 6) is 1.85. The SMILES string of the molecule is CCCCC1(CCCC)CSc2ccc(N(C)C)cc2[C@@H](c2ccc(OCCCCC[N+](C)(C)CC[N+](C)(C)CC)cc2)[C@H]1O. The van der Waals surface area contributed by atoms with Gasteiger partial charge in [0.1, 0.15) is 18.8 Å². The van der Waals surface area contributed by atoms with Crippen molar-refractivity contribution in [1.82, 2.24) is 0 Å². The maximum Gasteiger partial charge on any atom is 0.128 e. The van der Waals surface area contributed by atoms with Crippen molar-refractivity contribution in [2.75, 3.05) is 85.7 Å². The third-order valence-electron chi connectivity index (χ3n) is 10.4. The number of hydrogen-bond donors (Lipinski definition) is 1. The molecule has 254 valence electrons. The van der Waals surface area contributed by atoms with Crippen LogP contribution in [-0.4, -0.2) is 101 Å². The number of ether oxygens (including phenoxy) is 1. The molecule has 5 nitrogen and oxygen atoms in total. The molecule has 2 aromatic carbocycles. The molecule has 1 aliphatic rings. The van der Waals surface area contributed by atoms with Crippen LogP contribution < -0.4 is 9.64 Å². The smallest absolute Gasteiger partial charge is 0.128 e. The number of benzene rings is 2. The quantitative estimate of drug-likeness (QED) is 0.123. The number of quaternary nitrogens is 2.